The second-order valence-corrected chi connectivity index (χ2v) is 2.54. The highest BCUT2D eigenvalue weighted by Gasteiger charge is 2.09. The predicted octanol–water partition coefficient (Wildman–Crippen LogP) is 3.49. The van der Waals surface area contributed by atoms with Gasteiger partial charge in [-0.2, -0.15) is 8.78 Å². The summed E-state index contributed by atoms with van der Waals surface area (Å²) in [4.78, 5) is 2.99. The fourth-order valence-electron chi connectivity index (χ4n) is 0.774. The van der Waals surface area contributed by atoms with E-state index in [9.17, 15) is 8.78 Å². The van der Waals surface area contributed by atoms with Gasteiger partial charge >= 0.3 is 6.61 Å². The third kappa shape index (κ3) is 2.56. The molecule has 0 spiro atoms. The number of rotatable bonds is 2. The molecule has 68 valence electrons. The smallest absolute Gasteiger partial charge is 0.386 e. The molecular weight excluding hydrogens is 200 g/mol. The van der Waals surface area contributed by atoms with Crippen LogP contribution < -0.4 is 4.74 Å². The molecule has 1 aromatic rings. The van der Waals surface area contributed by atoms with Gasteiger partial charge in [-0.25, -0.2) is 4.85 Å². The second kappa shape index (κ2) is 4.06. The van der Waals surface area contributed by atoms with Gasteiger partial charge in [0.1, 0.15) is 5.75 Å². The fourth-order valence-corrected chi connectivity index (χ4v) is 0.940. The number of hydrogen-bond donors (Lipinski definition) is 0. The van der Waals surface area contributed by atoms with Gasteiger partial charge in [0.2, 0.25) is 5.69 Å². The summed E-state index contributed by atoms with van der Waals surface area (Å²) in [7, 11) is 0. The number of halogens is 3. The highest BCUT2D eigenvalue weighted by atomic mass is 35.5. The van der Waals surface area contributed by atoms with E-state index in [4.69, 9.17) is 18.2 Å². The summed E-state index contributed by atoms with van der Waals surface area (Å²) in [6.45, 7) is 3.74. The molecule has 0 aliphatic heterocycles. The Labute approximate surface area is 78.5 Å². The number of nitrogens with zero attached hydrogens (tertiary/aromatic N) is 1. The van der Waals surface area contributed by atoms with E-state index in [1.165, 1.54) is 18.2 Å². The first-order chi connectivity index (χ1) is 6.13. The molecule has 13 heavy (non-hydrogen) atoms. The molecule has 1 rings (SSSR count). The Bertz CT molecular complexity index is 348. The maximum absolute atomic E-state index is 11.8. The Balaban J connectivity index is 3.01. The van der Waals surface area contributed by atoms with Crippen molar-refractivity contribution in [2.24, 2.45) is 0 Å². The lowest BCUT2D eigenvalue weighted by Crippen LogP contribution is -2.01. The highest BCUT2D eigenvalue weighted by Crippen LogP contribution is 2.31. The van der Waals surface area contributed by atoms with Gasteiger partial charge in [0, 0.05) is 5.02 Å². The first kappa shape index (κ1) is 9.75. The SMILES string of the molecule is [C-]#[N+]c1cc(Cl)ccc1OC(F)F. The first-order valence-electron chi connectivity index (χ1n) is 3.25. The van der Waals surface area contributed by atoms with Gasteiger partial charge in [-0.05, 0) is 18.2 Å². The Kier molecular flexibility index (Phi) is 3.04. The molecule has 0 N–H and O–H groups in total. The monoisotopic (exact) mass is 203 g/mol. The first-order valence-corrected chi connectivity index (χ1v) is 3.63. The van der Waals surface area contributed by atoms with E-state index in [0.717, 1.165) is 0 Å². The summed E-state index contributed by atoms with van der Waals surface area (Å²) >= 11 is 5.55. The van der Waals surface area contributed by atoms with E-state index in [1.807, 2.05) is 0 Å². The summed E-state index contributed by atoms with van der Waals surface area (Å²) < 4.78 is 27.6. The van der Waals surface area contributed by atoms with E-state index in [-0.39, 0.29) is 11.4 Å². The molecule has 0 amide bonds. The van der Waals surface area contributed by atoms with Crippen molar-refractivity contribution in [3.63, 3.8) is 0 Å². The lowest BCUT2D eigenvalue weighted by molar-refractivity contribution is -0.0492. The largest absolute Gasteiger partial charge is 0.447 e. The molecule has 0 saturated carbocycles. The maximum atomic E-state index is 11.8. The molecule has 0 fully saturated rings. The molecule has 0 aliphatic carbocycles. The van der Waals surface area contributed by atoms with Crippen molar-refractivity contribution in [2.45, 2.75) is 6.61 Å². The van der Waals surface area contributed by atoms with Crippen LogP contribution in [0.3, 0.4) is 0 Å². The molecule has 0 aromatic heterocycles. The Morgan fingerprint density at radius 2 is 2.15 bits per heavy atom. The van der Waals surface area contributed by atoms with Crippen molar-refractivity contribution in [1.29, 1.82) is 0 Å². The van der Waals surface area contributed by atoms with Crippen LogP contribution in [0.5, 0.6) is 5.75 Å². The van der Waals surface area contributed by atoms with Gasteiger partial charge in [0.25, 0.3) is 0 Å². The average Bonchev–Trinajstić information content (AvgIpc) is 2.07. The van der Waals surface area contributed by atoms with E-state index < -0.39 is 6.61 Å². The normalized spacial score (nSPS) is 9.77. The maximum Gasteiger partial charge on any atom is 0.386 e. The zero-order chi connectivity index (χ0) is 9.84. The molecule has 2 nitrogen and oxygen atoms in total. The van der Waals surface area contributed by atoms with E-state index in [1.54, 1.807) is 0 Å². The van der Waals surface area contributed by atoms with Crippen LogP contribution in [0.4, 0.5) is 14.5 Å². The Morgan fingerprint density at radius 3 is 2.69 bits per heavy atom. The molecule has 0 atom stereocenters. The molecule has 0 radical (unpaired) electrons. The minimum Gasteiger partial charge on any atom is -0.447 e. The van der Waals surface area contributed by atoms with Crippen LogP contribution in [0.15, 0.2) is 18.2 Å². The van der Waals surface area contributed by atoms with E-state index in [2.05, 4.69) is 9.58 Å². The van der Waals surface area contributed by atoms with Gasteiger partial charge in [0.05, 0.1) is 6.57 Å². The van der Waals surface area contributed by atoms with Crippen molar-refractivity contribution in [3.05, 3.63) is 34.6 Å². The average molecular weight is 204 g/mol. The summed E-state index contributed by atoms with van der Waals surface area (Å²) in [5.74, 6) is -0.158. The number of alkyl halides is 2. The van der Waals surface area contributed by atoms with Crippen LogP contribution in [0.2, 0.25) is 5.02 Å². The van der Waals surface area contributed by atoms with Crippen LogP contribution in [-0.2, 0) is 0 Å². The number of hydrogen-bond acceptors (Lipinski definition) is 1. The molecule has 0 saturated heterocycles. The number of ether oxygens (including phenoxy) is 1. The van der Waals surface area contributed by atoms with Crippen LogP contribution in [0.1, 0.15) is 0 Å². The lowest BCUT2D eigenvalue weighted by atomic mass is 10.3. The molecule has 0 heterocycles. The second-order valence-electron chi connectivity index (χ2n) is 2.10. The van der Waals surface area contributed by atoms with Gasteiger partial charge in [-0.15, -0.1) is 0 Å². The zero-order valence-corrected chi connectivity index (χ0v) is 7.05. The van der Waals surface area contributed by atoms with Crippen molar-refractivity contribution in [1.82, 2.24) is 0 Å². The van der Waals surface area contributed by atoms with Gasteiger partial charge < -0.3 is 4.74 Å². The van der Waals surface area contributed by atoms with Gasteiger partial charge in [-0.1, -0.05) is 11.6 Å². The standard InChI is InChI=1S/C8H4ClF2NO/c1-12-6-4-5(9)2-3-7(6)13-8(10)11/h2-4,8H. The quantitative estimate of drug-likeness (QED) is 0.671. The molecule has 1 aromatic carbocycles. The molecular formula is C8H4ClF2NO. The van der Waals surface area contributed by atoms with Crippen LogP contribution in [0.25, 0.3) is 4.85 Å². The molecule has 5 heteroatoms. The third-order valence-corrected chi connectivity index (χ3v) is 1.49. The predicted molar refractivity (Wildman–Crippen MR) is 44.3 cm³/mol. The van der Waals surface area contributed by atoms with Crippen LogP contribution >= 0.6 is 11.6 Å². The van der Waals surface area contributed by atoms with Crippen LogP contribution in [-0.4, -0.2) is 6.61 Å². The van der Waals surface area contributed by atoms with Crippen LogP contribution in [0, 0.1) is 6.57 Å². The van der Waals surface area contributed by atoms with E-state index in [0.29, 0.717) is 5.02 Å². The topological polar surface area (TPSA) is 13.6 Å². The van der Waals surface area contributed by atoms with Crippen molar-refractivity contribution in [3.8, 4) is 5.75 Å². The molecule has 0 unspecified atom stereocenters. The van der Waals surface area contributed by atoms with Crippen molar-refractivity contribution in [2.75, 3.05) is 0 Å². The van der Waals surface area contributed by atoms with Crippen molar-refractivity contribution >= 4 is 17.3 Å². The highest BCUT2D eigenvalue weighted by molar-refractivity contribution is 6.30. The van der Waals surface area contributed by atoms with Crippen molar-refractivity contribution < 1.29 is 13.5 Å². The van der Waals surface area contributed by atoms with Gasteiger partial charge in [-0.3, -0.25) is 0 Å². The Hall–Kier alpha value is -1.34. The zero-order valence-electron chi connectivity index (χ0n) is 6.30. The summed E-state index contributed by atoms with van der Waals surface area (Å²) in [5, 5.41) is 0.313. The summed E-state index contributed by atoms with van der Waals surface area (Å²) in [6.07, 6.45) is 0. The minimum atomic E-state index is -2.93. The van der Waals surface area contributed by atoms with E-state index >= 15 is 0 Å². The molecule has 0 aliphatic rings. The Morgan fingerprint density at radius 1 is 1.46 bits per heavy atom. The lowest BCUT2D eigenvalue weighted by Gasteiger charge is -2.05. The minimum absolute atomic E-state index is 0.0206. The summed E-state index contributed by atoms with van der Waals surface area (Å²) in [6, 6.07) is 3.89. The fraction of sp³-hybridized carbons (Fsp3) is 0.125. The molecule has 0 bridgehead atoms. The summed E-state index contributed by atoms with van der Waals surface area (Å²) in [5.41, 5.74) is -0.0206. The van der Waals surface area contributed by atoms with Gasteiger partial charge in [0.15, 0.2) is 0 Å². The number of benzene rings is 1. The third-order valence-electron chi connectivity index (χ3n) is 1.26.